The summed E-state index contributed by atoms with van der Waals surface area (Å²) in [4.78, 5) is 2.38. The molecule has 3 aliphatic rings. The number of aromatic nitrogens is 2. The van der Waals surface area contributed by atoms with Gasteiger partial charge in [0.2, 0.25) is 0 Å². The molecule has 3 saturated heterocycles. The van der Waals surface area contributed by atoms with Gasteiger partial charge in [0.25, 0.3) is 10.0 Å². The molecule has 4 heterocycles. The molecule has 0 bridgehead atoms. The van der Waals surface area contributed by atoms with Gasteiger partial charge in [0.1, 0.15) is 0 Å². The lowest BCUT2D eigenvalue weighted by Crippen LogP contribution is -2.74. The second-order valence-electron chi connectivity index (χ2n) is 8.36. The Morgan fingerprint density at radius 1 is 1.21 bits per heavy atom. The second-order valence-corrected chi connectivity index (χ2v) is 10.2. The van der Waals surface area contributed by atoms with Crippen LogP contribution in [0.4, 0.5) is 13.2 Å². The van der Waals surface area contributed by atoms with Crippen molar-refractivity contribution in [3.8, 4) is 0 Å². The van der Waals surface area contributed by atoms with E-state index in [0.29, 0.717) is 31.1 Å². The monoisotopic (exact) mass is 422 g/mol. The van der Waals surface area contributed by atoms with Crippen molar-refractivity contribution in [2.24, 2.45) is 18.4 Å². The standard InChI is InChI=1S/C17H25F3N4O3S/c1-12(13-3-5-27-6-4-13)23-8-16(9-23)10-24(11-16)28(25,26)15-7-14(17(18,19)20)21-22(15)2/h7,12-13H,3-6,8-11H2,1-2H3/t12-/m1/s1. The Balaban J connectivity index is 1.37. The molecule has 0 saturated carbocycles. The van der Waals surface area contributed by atoms with Crippen molar-refractivity contribution in [3.63, 3.8) is 0 Å². The lowest BCUT2D eigenvalue weighted by Gasteiger charge is -2.61. The van der Waals surface area contributed by atoms with Gasteiger partial charge in [-0.15, -0.1) is 0 Å². The van der Waals surface area contributed by atoms with E-state index in [1.807, 2.05) is 0 Å². The quantitative estimate of drug-likeness (QED) is 0.737. The van der Waals surface area contributed by atoms with Gasteiger partial charge in [0.15, 0.2) is 10.7 Å². The Morgan fingerprint density at radius 3 is 2.36 bits per heavy atom. The number of likely N-dealkylation sites (tertiary alicyclic amines) is 1. The molecule has 1 aromatic heterocycles. The molecule has 0 radical (unpaired) electrons. The van der Waals surface area contributed by atoms with Crippen molar-refractivity contribution in [2.45, 2.75) is 37.0 Å². The minimum Gasteiger partial charge on any atom is -0.381 e. The Morgan fingerprint density at radius 2 is 1.82 bits per heavy atom. The molecule has 0 N–H and O–H groups in total. The van der Waals surface area contributed by atoms with Crippen LogP contribution in [0.1, 0.15) is 25.5 Å². The number of ether oxygens (including phenoxy) is 1. The van der Waals surface area contributed by atoms with E-state index in [0.717, 1.165) is 43.8 Å². The van der Waals surface area contributed by atoms with Crippen molar-refractivity contribution >= 4 is 10.0 Å². The van der Waals surface area contributed by atoms with Gasteiger partial charge in [0, 0.05) is 64.0 Å². The van der Waals surface area contributed by atoms with Gasteiger partial charge >= 0.3 is 6.18 Å². The summed E-state index contributed by atoms with van der Waals surface area (Å²) >= 11 is 0. The van der Waals surface area contributed by atoms with Gasteiger partial charge in [-0.05, 0) is 25.7 Å². The Labute approximate surface area is 162 Å². The summed E-state index contributed by atoms with van der Waals surface area (Å²) < 4.78 is 71.4. The first-order chi connectivity index (χ1) is 13.0. The molecule has 1 atom stereocenters. The fourth-order valence-corrected chi connectivity index (χ4v) is 6.42. The minimum absolute atomic E-state index is 0.0715. The first kappa shape index (κ1) is 20.1. The topological polar surface area (TPSA) is 67.7 Å². The van der Waals surface area contributed by atoms with Crippen LogP contribution in [0.3, 0.4) is 0 Å². The Bertz CT molecular complexity index is 834. The number of rotatable bonds is 4. The van der Waals surface area contributed by atoms with Crippen LogP contribution in [0.25, 0.3) is 0 Å². The molecule has 0 aliphatic carbocycles. The maximum atomic E-state index is 12.8. The fraction of sp³-hybridized carbons (Fsp3) is 0.824. The summed E-state index contributed by atoms with van der Waals surface area (Å²) in [6.45, 7) is 6.16. The summed E-state index contributed by atoms with van der Waals surface area (Å²) in [7, 11) is -2.76. The van der Waals surface area contributed by atoms with Crippen LogP contribution < -0.4 is 0 Å². The van der Waals surface area contributed by atoms with E-state index in [4.69, 9.17) is 4.74 Å². The lowest BCUT2D eigenvalue weighted by atomic mass is 9.72. The third-order valence-electron chi connectivity index (χ3n) is 6.36. The number of nitrogens with zero attached hydrogens (tertiary/aromatic N) is 4. The number of hydrogen-bond donors (Lipinski definition) is 0. The maximum absolute atomic E-state index is 12.8. The number of sulfonamides is 1. The smallest absolute Gasteiger partial charge is 0.381 e. The van der Waals surface area contributed by atoms with Crippen LogP contribution in [0.15, 0.2) is 11.1 Å². The highest BCUT2D eigenvalue weighted by molar-refractivity contribution is 7.89. The first-order valence-corrected chi connectivity index (χ1v) is 10.9. The zero-order valence-electron chi connectivity index (χ0n) is 15.9. The van der Waals surface area contributed by atoms with Crippen LogP contribution in [0, 0.1) is 11.3 Å². The molecular formula is C17H25F3N4O3S. The number of hydrogen-bond acceptors (Lipinski definition) is 5. The first-order valence-electron chi connectivity index (χ1n) is 9.45. The van der Waals surface area contributed by atoms with Gasteiger partial charge in [-0.1, -0.05) is 0 Å². The van der Waals surface area contributed by atoms with Crippen LogP contribution in [-0.4, -0.2) is 72.8 Å². The molecule has 11 heteroatoms. The molecule has 3 fully saturated rings. The molecular weight excluding hydrogens is 397 g/mol. The molecule has 0 unspecified atom stereocenters. The van der Waals surface area contributed by atoms with Gasteiger partial charge in [-0.2, -0.15) is 22.6 Å². The Hall–Kier alpha value is -1.17. The molecule has 158 valence electrons. The average Bonchev–Trinajstić information content (AvgIpc) is 2.95. The van der Waals surface area contributed by atoms with E-state index in [-0.39, 0.29) is 5.41 Å². The minimum atomic E-state index is -4.67. The summed E-state index contributed by atoms with van der Waals surface area (Å²) in [6, 6.07) is 1.05. The highest BCUT2D eigenvalue weighted by atomic mass is 32.2. The summed E-state index contributed by atoms with van der Waals surface area (Å²) in [6.07, 6.45) is -2.57. The Kier molecular flexibility index (Phi) is 4.80. The summed E-state index contributed by atoms with van der Waals surface area (Å²) in [5.74, 6) is 0.598. The molecule has 1 aromatic rings. The molecule has 0 amide bonds. The fourth-order valence-electron chi connectivity index (χ4n) is 4.63. The number of aryl methyl sites for hydroxylation is 1. The van der Waals surface area contributed by atoms with Gasteiger partial charge in [0.05, 0.1) is 0 Å². The third kappa shape index (κ3) is 3.35. The molecule has 4 rings (SSSR count). The van der Waals surface area contributed by atoms with E-state index in [2.05, 4.69) is 16.9 Å². The lowest BCUT2D eigenvalue weighted by molar-refractivity contribution is -0.141. The van der Waals surface area contributed by atoms with Gasteiger partial charge < -0.3 is 4.74 Å². The second kappa shape index (κ2) is 6.68. The SMILES string of the molecule is C[C@H](C1CCOCC1)N1CC2(C1)CN(S(=O)(=O)c1cc(C(F)(F)F)nn1C)C2. The summed E-state index contributed by atoms with van der Waals surface area (Å²) in [5.41, 5.74) is -1.26. The van der Waals surface area contributed by atoms with Crippen molar-refractivity contribution in [1.82, 2.24) is 19.0 Å². The zero-order valence-corrected chi connectivity index (χ0v) is 16.8. The predicted molar refractivity (Wildman–Crippen MR) is 94.0 cm³/mol. The number of alkyl halides is 3. The van der Waals surface area contributed by atoms with Gasteiger partial charge in [-0.3, -0.25) is 9.58 Å². The van der Waals surface area contributed by atoms with Crippen LogP contribution >= 0.6 is 0 Å². The van der Waals surface area contributed by atoms with Crippen LogP contribution in [0.5, 0.6) is 0 Å². The molecule has 7 nitrogen and oxygen atoms in total. The summed E-state index contributed by atoms with van der Waals surface area (Å²) in [5, 5.41) is 2.90. The van der Waals surface area contributed by atoms with E-state index >= 15 is 0 Å². The largest absolute Gasteiger partial charge is 0.435 e. The van der Waals surface area contributed by atoms with Crippen molar-refractivity contribution in [2.75, 3.05) is 39.4 Å². The molecule has 0 aromatic carbocycles. The van der Waals surface area contributed by atoms with Crippen molar-refractivity contribution in [1.29, 1.82) is 0 Å². The molecule has 1 spiro atoms. The highest BCUT2D eigenvalue weighted by Crippen LogP contribution is 2.44. The third-order valence-corrected chi connectivity index (χ3v) is 8.20. The van der Waals surface area contributed by atoms with Crippen LogP contribution in [0.2, 0.25) is 0 Å². The normalized spacial score (nSPS) is 25.5. The molecule has 28 heavy (non-hydrogen) atoms. The predicted octanol–water partition coefficient (Wildman–Crippen LogP) is 1.56. The number of halogens is 3. The zero-order chi connectivity index (χ0) is 20.3. The van der Waals surface area contributed by atoms with Crippen molar-refractivity contribution in [3.05, 3.63) is 11.8 Å². The molecule has 3 aliphatic heterocycles. The van der Waals surface area contributed by atoms with Crippen molar-refractivity contribution < 1.29 is 26.3 Å². The van der Waals surface area contributed by atoms with Gasteiger partial charge in [-0.25, -0.2) is 8.42 Å². The average molecular weight is 422 g/mol. The van der Waals surface area contributed by atoms with E-state index in [9.17, 15) is 21.6 Å². The van der Waals surface area contributed by atoms with E-state index in [1.165, 1.54) is 11.4 Å². The van der Waals surface area contributed by atoms with E-state index in [1.54, 1.807) is 0 Å². The van der Waals surface area contributed by atoms with E-state index < -0.39 is 26.9 Å². The highest BCUT2D eigenvalue weighted by Gasteiger charge is 2.56. The maximum Gasteiger partial charge on any atom is 0.435 e. The van der Waals surface area contributed by atoms with Crippen LogP contribution in [-0.2, 0) is 28.0 Å².